The summed E-state index contributed by atoms with van der Waals surface area (Å²) in [6.07, 6.45) is 2.16. The zero-order valence-corrected chi connectivity index (χ0v) is 12.5. The van der Waals surface area contributed by atoms with Gasteiger partial charge in [-0.3, -0.25) is 0 Å². The van der Waals surface area contributed by atoms with Gasteiger partial charge in [0.1, 0.15) is 11.5 Å². The van der Waals surface area contributed by atoms with Gasteiger partial charge in [0, 0.05) is 19.0 Å². The van der Waals surface area contributed by atoms with Gasteiger partial charge in [-0.1, -0.05) is 20.8 Å². The highest BCUT2D eigenvalue weighted by Gasteiger charge is 2.12. The van der Waals surface area contributed by atoms with Crippen LogP contribution in [0.5, 0.6) is 0 Å². The molecule has 18 heavy (non-hydrogen) atoms. The summed E-state index contributed by atoms with van der Waals surface area (Å²) in [4.78, 5) is 2.24. The standard InChI is InChI=1S/C15H28N2O/c1-6-14-7-8-15(18-14)10-16-13(9-12(2)3)11-17(4)5/h7-8,12-13,16H,6,9-11H2,1-5H3. The number of furan rings is 1. The van der Waals surface area contributed by atoms with Gasteiger partial charge >= 0.3 is 0 Å². The zero-order chi connectivity index (χ0) is 13.5. The summed E-state index contributed by atoms with van der Waals surface area (Å²) >= 11 is 0. The van der Waals surface area contributed by atoms with Crippen LogP contribution in [-0.2, 0) is 13.0 Å². The lowest BCUT2D eigenvalue weighted by Gasteiger charge is -2.23. The van der Waals surface area contributed by atoms with Crippen LogP contribution in [0.4, 0.5) is 0 Å². The van der Waals surface area contributed by atoms with Crippen molar-refractivity contribution in [1.82, 2.24) is 10.2 Å². The first-order valence-electron chi connectivity index (χ1n) is 6.97. The summed E-state index contributed by atoms with van der Waals surface area (Å²) < 4.78 is 5.72. The van der Waals surface area contributed by atoms with E-state index < -0.39 is 0 Å². The Kier molecular flexibility index (Phi) is 6.44. The summed E-state index contributed by atoms with van der Waals surface area (Å²) in [6, 6.07) is 4.67. The fourth-order valence-electron chi connectivity index (χ4n) is 2.18. The minimum absolute atomic E-state index is 0.523. The molecule has 0 aliphatic heterocycles. The maximum absolute atomic E-state index is 5.72. The number of hydrogen-bond donors (Lipinski definition) is 1. The highest BCUT2D eigenvalue weighted by atomic mass is 16.3. The van der Waals surface area contributed by atoms with Crippen molar-refractivity contribution in [3.63, 3.8) is 0 Å². The van der Waals surface area contributed by atoms with Gasteiger partial charge in [0.25, 0.3) is 0 Å². The van der Waals surface area contributed by atoms with Crippen LogP contribution in [0.15, 0.2) is 16.5 Å². The van der Waals surface area contributed by atoms with Crippen LogP contribution in [0, 0.1) is 5.92 Å². The number of nitrogens with one attached hydrogen (secondary N) is 1. The molecule has 0 saturated carbocycles. The molecule has 0 amide bonds. The highest BCUT2D eigenvalue weighted by Crippen LogP contribution is 2.10. The molecular formula is C15H28N2O. The molecule has 0 fully saturated rings. The zero-order valence-electron chi connectivity index (χ0n) is 12.5. The van der Waals surface area contributed by atoms with Crippen molar-refractivity contribution in [3.8, 4) is 0 Å². The Morgan fingerprint density at radius 1 is 1.22 bits per heavy atom. The molecule has 1 N–H and O–H groups in total. The number of hydrogen-bond acceptors (Lipinski definition) is 3. The minimum Gasteiger partial charge on any atom is -0.465 e. The smallest absolute Gasteiger partial charge is 0.117 e. The second-order valence-electron chi connectivity index (χ2n) is 5.69. The first-order valence-corrected chi connectivity index (χ1v) is 6.97. The van der Waals surface area contributed by atoms with E-state index in [1.807, 2.05) is 0 Å². The first kappa shape index (κ1) is 15.3. The molecule has 3 heteroatoms. The molecule has 0 radical (unpaired) electrons. The largest absolute Gasteiger partial charge is 0.465 e. The second-order valence-corrected chi connectivity index (χ2v) is 5.69. The molecule has 1 unspecified atom stereocenters. The molecule has 104 valence electrons. The van der Waals surface area contributed by atoms with E-state index in [2.05, 4.69) is 57.2 Å². The number of aryl methyl sites for hydroxylation is 1. The lowest BCUT2D eigenvalue weighted by Crippen LogP contribution is -2.38. The second kappa shape index (κ2) is 7.59. The Morgan fingerprint density at radius 3 is 2.39 bits per heavy atom. The lowest BCUT2D eigenvalue weighted by atomic mass is 10.0. The van der Waals surface area contributed by atoms with Gasteiger partial charge in [-0.25, -0.2) is 0 Å². The van der Waals surface area contributed by atoms with Gasteiger partial charge in [0.05, 0.1) is 6.54 Å². The highest BCUT2D eigenvalue weighted by molar-refractivity contribution is 5.06. The van der Waals surface area contributed by atoms with Crippen LogP contribution in [0.25, 0.3) is 0 Å². The molecule has 0 aliphatic carbocycles. The van der Waals surface area contributed by atoms with Gasteiger partial charge in [0.15, 0.2) is 0 Å². The normalized spacial score (nSPS) is 13.5. The molecule has 1 rings (SSSR count). The average molecular weight is 252 g/mol. The summed E-state index contributed by atoms with van der Waals surface area (Å²) in [6.45, 7) is 8.55. The first-order chi connectivity index (χ1) is 8.51. The van der Waals surface area contributed by atoms with Crippen LogP contribution >= 0.6 is 0 Å². The number of nitrogens with zero attached hydrogens (tertiary/aromatic N) is 1. The Hall–Kier alpha value is -0.800. The number of likely N-dealkylation sites (N-methyl/N-ethyl adjacent to an activating group) is 1. The minimum atomic E-state index is 0.523. The monoisotopic (exact) mass is 252 g/mol. The molecule has 0 aliphatic rings. The third kappa shape index (κ3) is 5.69. The van der Waals surface area contributed by atoms with Gasteiger partial charge in [-0.15, -0.1) is 0 Å². The molecule has 1 atom stereocenters. The lowest BCUT2D eigenvalue weighted by molar-refractivity contribution is 0.297. The van der Waals surface area contributed by atoms with E-state index in [1.54, 1.807) is 0 Å². The van der Waals surface area contributed by atoms with Gasteiger partial charge in [0.2, 0.25) is 0 Å². The van der Waals surface area contributed by atoms with Gasteiger partial charge in [-0.05, 0) is 38.6 Å². The van der Waals surface area contributed by atoms with Crippen LogP contribution in [0.3, 0.4) is 0 Å². The molecule has 1 heterocycles. The summed E-state index contributed by atoms with van der Waals surface area (Å²) in [7, 11) is 4.24. The summed E-state index contributed by atoms with van der Waals surface area (Å²) in [5.41, 5.74) is 0. The third-order valence-electron chi connectivity index (χ3n) is 2.97. The number of rotatable bonds is 8. The molecule has 0 aromatic carbocycles. The van der Waals surface area contributed by atoms with E-state index in [0.29, 0.717) is 12.0 Å². The van der Waals surface area contributed by atoms with E-state index in [1.165, 1.54) is 6.42 Å². The summed E-state index contributed by atoms with van der Waals surface area (Å²) in [5.74, 6) is 2.82. The topological polar surface area (TPSA) is 28.4 Å². The maximum Gasteiger partial charge on any atom is 0.117 e. The summed E-state index contributed by atoms with van der Waals surface area (Å²) in [5, 5.41) is 3.60. The van der Waals surface area contributed by atoms with Crippen molar-refractivity contribution in [3.05, 3.63) is 23.7 Å². The van der Waals surface area contributed by atoms with Crippen LogP contribution < -0.4 is 5.32 Å². The van der Waals surface area contributed by atoms with E-state index >= 15 is 0 Å². The van der Waals surface area contributed by atoms with Gasteiger partial charge < -0.3 is 14.6 Å². The molecule has 3 nitrogen and oxygen atoms in total. The van der Waals surface area contributed by atoms with Gasteiger partial charge in [-0.2, -0.15) is 0 Å². The van der Waals surface area contributed by atoms with E-state index in [4.69, 9.17) is 4.42 Å². The molecule has 0 spiro atoms. The quantitative estimate of drug-likeness (QED) is 0.771. The van der Waals surface area contributed by atoms with E-state index in [0.717, 1.165) is 31.0 Å². The van der Waals surface area contributed by atoms with Crippen molar-refractivity contribution in [2.75, 3.05) is 20.6 Å². The fourth-order valence-corrected chi connectivity index (χ4v) is 2.18. The van der Waals surface area contributed by atoms with Crippen molar-refractivity contribution >= 4 is 0 Å². The van der Waals surface area contributed by atoms with Crippen LogP contribution in [0.2, 0.25) is 0 Å². The average Bonchev–Trinajstić information content (AvgIpc) is 2.72. The molecule has 0 bridgehead atoms. The van der Waals surface area contributed by atoms with Crippen molar-refractivity contribution in [2.24, 2.45) is 5.92 Å². The Bertz CT molecular complexity index is 321. The third-order valence-corrected chi connectivity index (χ3v) is 2.97. The van der Waals surface area contributed by atoms with Crippen LogP contribution in [-0.4, -0.2) is 31.6 Å². The predicted octanol–water partition coefficient (Wildman–Crippen LogP) is 2.91. The van der Waals surface area contributed by atoms with Crippen molar-refractivity contribution in [1.29, 1.82) is 0 Å². The molecule has 1 aromatic heterocycles. The molecule has 0 saturated heterocycles. The Labute approximate surface area is 112 Å². The Morgan fingerprint density at radius 2 is 1.89 bits per heavy atom. The van der Waals surface area contributed by atoms with Crippen LogP contribution in [0.1, 0.15) is 38.7 Å². The van der Waals surface area contributed by atoms with Crippen molar-refractivity contribution < 1.29 is 4.42 Å². The molecule has 1 aromatic rings. The van der Waals surface area contributed by atoms with E-state index in [-0.39, 0.29) is 0 Å². The predicted molar refractivity (Wildman–Crippen MR) is 76.7 cm³/mol. The SMILES string of the molecule is CCc1ccc(CNC(CC(C)C)CN(C)C)o1. The van der Waals surface area contributed by atoms with E-state index in [9.17, 15) is 0 Å². The Balaban J connectivity index is 2.44. The maximum atomic E-state index is 5.72. The molecular weight excluding hydrogens is 224 g/mol. The van der Waals surface area contributed by atoms with Crippen molar-refractivity contribution in [2.45, 2.75) is 46.2 Å². The fraction of sp³-hybridized carbons (Fsp3) is 0.733.